The summed E-state index contributed by atoms with van der Waals surface area (Å²) in [5.74, 6) is 0.903. The Labute approximate surface area is 146 Å². The molecule has 1 heterocycles. The van der Waals surface area contributed by atoms with Gasteiger partial charge in [0.2, 0.25) is 0 Å². The van der Waals surface area contributed by atoms with Gasteiger partial charge < -0.3 is 4.42 Å². The summed E-state index contributed by atoms with van der Waals surface area (Å²) in [5.41, 5.74) is 3.58. The van der Waals surface area contributed by atoms with Crippen LogP contribution in [0.5, 0.6) is 0 Å². The predicted molar refractivity (Wildman–Crippen MR) is 105 cm³/mol. The fraction of sp³-hybridized carbons (Fsp3) is 0. The van der Waals surface area contributed by atoms with Crippen molar-refractivity contribution in [3.05, 3.63) is 97.3 Å². The zero-order valence-corrected chi connectivity index (χ0v) is 13.6. The van der Waals surface area contributed by atoms with Crippen LogP contribution in [0.1, 0.15) is 0 Å². The van der Waals surface area contributed by atoms with E-state index in [2.05, 4.69) is 78.9 Å². The molecule has 0 aliphatic carbocycles. The average Bonchev–Trinajstić information content (AvgIpc) is 3.21. The van der Waals surface area contributed by atoms with E-state index in [1.165, 1.54) is 32.7 Å². The van der Waals surface area contributed by atoms with Crippen LogP contribution in [0.4, 0.5) is 0 Å². The number of rotatable bonds is 2. The Kier molecular flexibility index (Phi) is 3.17. The summed E-state index contributed by atoms with van der Waals surface area (Å²) >= 11 is 0. The summed E-state index contributed by atoms with van der Waals surface area (Å²) in [6.07, 6.45) is 1.74. The van der Waals surface area contributed by atoms with Gasteiger partial charge in [-0.3, -0.25) is 0 Å². The van der Waals surface area contributed by atoms with E-state index in [9.17, 15) is 0 Å². The van der Waals surface area contributed by atoms with E-state index in [-0.39, 0.29) is 0 Å². The summed E-state index contributed by atoms with van der Waals surface area (Å²) in [6.45, 7) is 0. The van der Waals surface area contributed by atoms with Crippen molar-refractivity contribution in [3.8, 4) is 22.5 Å². The number of fused-ring (bicyclic) bond motifs is 2. The average molecular weight is 320 g/mol. The van der Waals surface area contributed by atoms with Crippen LogP contribution in [0.15, 0.2) is 102 Å². The second-order valence-corrected chi connectivity index (χ2v) is 6.21. The molecule has 5 rings (SSSR count). The molecule has 4 aromatic carbocycles. The molecule has 118 valence electrons. The topological polar surface area (TPSA) is 13.1 Å². The van der Waals surface area contributed by atoms with Gasteiger partial charge in [0.25, 0.3) is 0 Å². The third-order valence-corrected chi connectivity index (χ3v) is 4.78. The molecule has 1 aromatic heterocycles. The van der Waals surface area contributed by atoms with Gasteiger partial charge in [-0.2, -0.15) is 0 Å². The van der Waals surface area contributed by atoms with Gasteiger partial charge >= 0.3 is 0 Å². The molecule has 0 spiro atoms. The number of benzene rings is 4. The molecular formula is C24H16O. The molecule has 0 aliphatic heterocycles. The van der Waals surface area contributed by atoms with Crippen molar-refractivity contribution in [1.82, 2.24) is 0 Å². The maximum atomic E-state index is 5.80. The number of hydrogen-bond acceptors (Lipinski definition) is 1. The first-order valence-corrected chi connectivity index (χ1v) is 8.45. The Morgan fingerprint density at radius 2 is 1.20 bits per heavy atom. The van der Waals surface area contributed by atoms with E-state index >= 15 is 0 Å². The third kappa shape index (κ3) is 2.25. The van der Waals surface area contributed by atoms with Gasteiger partial charge in [0.1, 0.15) is 5.76 Å². The van der Waals surface area contributed by atoms with Crippen molar-refractivity contribution in [2.24, 2.45) is 0 Å². The minimum absolute atomic E-state index is 0.903. The van der Waals surface area contributed by atoms with Gasteiger partial charge in [0.15, 0.2) is 0 Å². The van der Waals surface area contributed by atoms with E-state index in [1.807, 2.05) is 12.1 Å². The molecular weight excluding hydrogens is 304 g/mol. The minimum Gasteiger partial charge on any atom is -0.464 e. The lowest BCUT2D eigenvalue weighted by molar-refractivity contribution is 0.583. The van der Waals surface area contributed by atoms with Gasteiger partial charge in [-0.1, -0.05) is 78.9 Å². The van der Waals surface area contributed by atoms with Crippen LogP contribution >= 0.6 is 0 Å². The van der Waals surface area contributed by atoms with Crippen molar-refractivity contribution >= 4 is 21.5 Å². The molecule has 5 aromatic rings. The quantitative estimate of drug-likeness (QED) is 0.344. The highest BCUT2D eigenvalue weighted by Crippen LogP contribution is 2.40. The van der Waals surface area contributed by atoms with Crippen LogP contribution in [-0.2, 0) is 0 Å². The molecule has 1 nitrogen and oxygen atoms in total. The third-order valence-electron chi connectivity index (χ3n) is 4.78. The first-order valence-electron chi connectivity index (χ1n) is 8.45. The number of hydrogen-bond donors (Lipinski definition) is 0. The first-order chi connectivity index (χ1) is 12.4. The fourth-order valence-corrected chi connectivity index (χ4v) is 3.64. The highest BCUT2D eigenvalue weighted by Gasteiger charge is 2.15. The SMILES string of the molecule is c1coc(-c2c(-c3cccc4ccccc34)ccc3ccccc23)c1. The molecule has 0 fully saturated rings. The fourth-order valence-electron chi connectivity index (χ4n) is 3.64. The molecule has 0 unspecified atom stereocenters. The van der Waals surface area contributed by atoms with Crippen molar-refractivity contribution < 1.29 is 4.42 Å². The van der Waals surface area contributed by atoms with Crippen LogP contribution in [0.3, 0.4) is 0 Å². The molecule has 0 N–H and O–H groups in total. The summed E-state index contributed by atoms with van der Waals surface area (Å²) in [4.78, 5) is 0. The molecule has 25 heavy (non-hydrogen) atoms. The van der Waals surface area contributed by atoms with E-state index in [0.29, 0.717) is 0 Å². The standard InChI is InChI=1S/C24H16O/c1-3-10-19-17(7-1)9-5-12-21(19)22-15-14-18-8-2-4-11-20(18)24(22)23-13-6-16-25-23/h1-16H. The zero-order chi connectivity index (χ0) is 16.6. The molecule has 0 atom stereocenters. The zero-order valence-electron chi connectivity index (χ0n) is 13.6. The Bertz CT molecular complexity index is 1180. The van der Waals surface area contributed by atoms with Gasteiger partial charge in [-0.05, 0) is 44.8 Å². The second kappa shape index (κ2) is 5.64. The Morgan fingerprint density at radius 1 is 0.480 bits per heavy atom. The van der Waals surface area contributed by atoms with Gasteiger partial charge in [-0.25, -0.2) is 0 Å². The molecule has 0 bridgehead atoms. The lowest BCUT2D eigenvalue weighted by Crippen LogP contribution is -1.88. The van der Waals surface area contributed by atoms with Crippen LogP contribution in [0.2, 0.25) is 0 Å². The van der Waals surface area contributed by atoms with Gasteiger partial charge in [0.05, 0.1) is 6.26 Å². The smallest absolute Gasteiger partial charge is 0.135 e. The molecule has 0 radical (unpaired) electrons. The molecule has 1 heteroatoms. The van der Waals surface area contributed by atoms with Gasteiger partial charge in [-0.15, -0.1) is 0 Å². The lowest BCUT2D eigenvalue weighted by atomic mass is 9.90. The largest absolute Gasteiger partial charge is 0.464 e. The van der Waals surface area contributed by atoms with Gasteiger partial charge in [0, 0.05) is 5.56 Å². The summed E-state index contributed by atoms with van der Waals surface area (Å²) < 4.78 is 5.80. The number of furan rings is 1. The van der Waals surface area contributed by atoms with E-state index in [4.69, 9.17) is 4.42 Å². The second-order valence-electron chi connectivity index (χ2n) is 6.21. The minimum atomic E-state index is 0.903. The van der Waals surface area contributed by atoms with Crippen molar-refractivity contribution in [2.45, 2.75) is 0 Å². The summed E-state index contributed by atoms with van der Waals surface area (Å²) in [5, 5.41) is 4.94. The monoisotopic (exact) mass is 320 g/mol. The molecule has 0 saturated heterocycles. The highest BCUT2D eigenvalue weighted by molar-refractivity contribution is 6.07. The van der Waals surface area contributed by atoms with Crippen LogP contribution in [0, 0.1) is 0 Å². The maximum absolute atomic E-state index is 5.80. The van der Waals surface area contributed by atoms with E-state index < -0.39 is 0 Å². The molecule has 0 saturated carbocycles. The Hall–Kier alpha value is -3.32. The van der Waals surface area contributed by atoms with E-state index in [1.54, 1.807) is 6.26 Å². The molecule has 0 aliphatic rings. The predicted octanol–water partition coefficient (Wildman–Crippen LogP) is 6.92. The summed E-state index contributed by atoms with van der Waals surface area (Å²) in [7, 11) is 0. The van der Waals surface area contributed by atoms with Crippen molar-refractivity contribution in [1.29, 1.82) is 0 Å². The summed E-state index contributed by atoms with van der Waals surface area (Å²) in [6, 6.07) is 31.9. The molecule has 0 amide bonds. The van der Waals surface area contributed by atoms with E-state index in [0.717, 1.165) is 11.3 Å². The van der Waals surface area contributed by atoms with Crippen LogP contribution < -0.4 is 0 Å². The highest BCUT2D eigenvalue weighted by atomic mass is 16.3. The Balaban J connectivity index is 1.92. The lowest BCUT2D eigenvalue weighted by Gasteiger charge is -2.14. The normalized spacial score (nSPS) is 11.2. The van der Waals surface area contributed by atoms with Crippen LogP contribution in [-0.4, -0.2) is 0 Å². The van der Waals surface area contributed by atoms with Crippen molar-refractivity contribution in [3.63, 3.8) is 0 Å². The van der Waals surface area contributed by atoms with Crippen LogP contribution in [0.25, 0.3) is 44.0 Å². The maximum Gasteiger partial charge on any atom is 0.135 e. The van der Waals surface area contributed by atoms with Crippen molar-refractivity contribution in [2.75, 3.05) is 0 Å². The Morgan fingerprint density at radius 3 is 2.00 bits per heavy atom. The first kappa shape index (κ1) is 14.1.